The first-order valence-corrected chi connectivity index (χ1v) is 23.6. The summed E-state index contributed by atoms with van der Waals surface area (Å²) in [6, 6.07) is 90.7. The Morgan fingerprint density at radius 1 is 0.243 bits per heavy atom. The van der Waals surface area contributed by atoms with Crippen molar-refractivity contribution in [3.05, 3.63) is 267 Å². The lowest BCUT2D eigenvalue weighted by Gasteiger charge is -2.26. The van der Waals surface area contributed by atoms with Crippen molar-refractivity contribution < 1.29 is 0 Å². The Balaban J connectivity index is 0.811. The summed E-state index contributed by atoms with van der Waals surface area (Å²) < 4.78 is 4.71. The van der Waals surface area contributed by atoms with E-state index < -0.39 is 0 Å². The maximum atomic E-state index is 4.92. The fourth-order valence-electron chi connectivity index (χ4n) is 10.2. The molecule has 10 aromatic carbocycles. The van der Waals surface area contributed by atoms with Crippen LogP contribution in [0.2, 0.25) is 0 Å². The highest BCUT2D eigenvalue weighted by atomic mass is 15.1. The zero-order chi connectivity index (χ0) is 46.4. The lowest BCUT2D eigenvalue weighted by molar-refractivity contribution is 1.17. The van der Waals surface area contributed by atoms with Crippen LogP contribution in [0.5, 0.6) is 0 Å². The lowest BCUT2D eigenvalue weighted by Crippen LogP contribution is -2.10. The number of benzene rings is 10. The molecule has 0 N–H and O–H groups in total. The highest BCUT2D eigenvalue weighted by Crippen LogP contribution is 2.41. The van der Waals surface area contributed by atoms with Gasteiger partial charge in [-0.1, -0.05) is 133 Å². The van der Waals surface area contributed by atoms with E-state index in [-0.39, 0.29) is 0 Å². The van der Waals surface area contributed by atoms with E-state index in [1.165, 1.54) is 43.6 Å². The summed E-state index contributed by atoms with van der Waals surface area (Å²) in [5, 5.41) is 5.00. The third-order valence-electron chi connectivity index (χ3n) is 13.4. The van der Waals surface area contributed by atoms with Crippen LogP contribution in [0.15, 0.2) is 267 Å². The Morgan fingerprint density at radius 2 is 0.500 bits per heavy atom. The SMILES string of the molecule is c1ccc(N(c2ccc(-c3nccnc3-c3ccc(N(c4ccccc4)c4ccc(-n5c6ccccc6c6ccccc65)cc4)cc3)cc2)c2ccc(-n3c4ccccc4c4ccccc43)cc2)cc1. The van der Waals surface area contributed by atoms with Crippen LogP contribution in [0.4, 0.5) is 34.1 Å². The van der Waals surface area contributed by atoms with Gasteiger partial charge < -0.3 is 18.9 Å². The topological polar surface area (TPSA) is 42.1 Å². The molecule has 330 valence electrons. The van der Waals surface area contributed by atoms with E-state index in [2.05, 4.69) is 274 Å². The largest absolute Gasteiger partial charge is 0.311 e. The summed E-state index contributed by atoms with van der Waals surface area (Å²) in [7, 11) is 0. The molecule has 0 aliphatic rings. The molecule has 0 aliphatic carbocycles. The Hall–Kier alpha value is -9.52. The van der Waals surface area contributed by atoms with Crippen LogP contribution >= 0.6 is 0 Å². The van der Waals surface area contributed by atoms with Gasteiger partial charge in [0.05, 0.1) is 33.5 Å². The van der Waals surface area contributed by atoms with E-state index in [0.29, 0.717) is 0 Å². The average molecular weight is 897 g/mol. The molecule has 13 aromatic rings. The number of nitrogens with zero attached hydrogens (tertiary/aromatic N) is 6. The van der Waals surface area contributed by atoms with Gasteiger partial charge in [-0.2, -0.15) is 0 Å². The first kappa shape index (κ1) is 40.7. The summed E-state index contributed by atoms with van der Waals surface area (Å²) in [6.07, 6.45) is 3.55. The number of hydrogen-bond donors (Lipinski definition) is 0. The third kappa shape index (κ3) is 7.06. The number of anilines is 6. The van der Waals surface area contributed by atoms with Crippen LogP contribution in [0.25, 0.3) is 77.5 Å². The van der Waals surface area contributed by atoms with Crippen molar-refractivity contribution in [1.82, 2.24) is 19.1 Å². The Bertz CT molecular complexity index is 3600. The molecule has 0 unspecified atom stereocenters. The Kier molecular flexibility index (Phi) is 10.1. The second kappa shape index (κ2) is 17.3. The van der Waals surface area contributed by atoms with Gasteiger partial charge in [0.25, 0.3) is 0 Å². The van der Waals surface area contributed by atoms with Gasteiger partial charge >= 0.3 is 0 Å². The summed E-state index contributed by atoms with van der Waals surface area (Å²) >= 11 is 0. The van der Waals surface area contributed by atoms with Gasteiger partial charge in [-0.05, 0) is 121 Å². The van der Waals surface area contributed by atoms with Crippen LogP contribution in [0, 0.1) is 0 Å². The lowest BCUT2D eigenvalue weighted by atomic mass is 10.0. The molecule has 0 aliphatic heterocycles. The minimum atomic E-state index is 0.823. The Labute approximate surface area is 405 Å². The average Bonchev–Trinajstić information content (AvgIpc) is 3.96. The van der Waals surface area contributed by atoms with Crippen LogP contribution in [-0.4, -0.2) is 19.1 Å². The molecule has 0 saturated carbocycles. The van der Waals surface area contributed by atoms with E-state index in [4.69, 9.17) is 9.97 Å². The molecule has 0 radical (unpaired) electrons. The molecular weight excluding hydrogens is 853 g/mol. The molecule has 70 heavy (non-hydrogen) atoms. The van der Waals surface area contributed by atoms with Gasteiger partial charge in [-0.3, -0.25) is 9.97 Å². The predicted molar refractivity (Wildman–Crippen MR) is 291 cm³/mol. The fourth-order valence-corrected chi connectivity index (χ4v) is 10.2. The summed E-state index contributed by atoms with van der Waals surface area (Å²) in [6.45, 7) is 0. The highest BCUT2D eigenvalue weighted by molar-refractivity contribution is 6.10. The maximum Gasteiger partial charge on any atom is 0.0965 e. The van der Waals surface area contributed by atoms with E-state index in [0.717, 1.165) is 68.0 Å². The number of hydrogen-bond acceptors (Lipinski definition) is 4. The Morgan fingerprint density at radius 3 is 0.814 bits per heavy atom. The van der Waals surface area contributed by atoms with Crippen molar-refractivity contribution in [2.45, 2.75) is 0 Å². The van der Waals surface area contributed by atoms with Crippen LogP contribution < -0.4 is 9.80 Å². The van der Waals surface area contributed by atoms with Gasteiger partial charge in [0, 0.05) is 90.6 Å². The van der Waals surface area contributed by atoms with Crippen molar-refractivity contribution in [3.8, 4) is 33.9 Å². The van der Waals surface area contributed by atoms with Gasteiger partial charge in [0.2, 0.25) is 0 Å². The molecule has 0 atom stereocenters. The fraction of sp³-hybridized carbons (Fsp3) is 0. The smallest absolute Gasteiger partial charge is 0.0965 e. The summed E-state index contributed by atoms with van der Waals surface area (Å²) in [5.41, 5.74) is 17.0. The van der Waals surface area contributed by atoms with Crippen molar-refractivity contribution in [2.24, 2.45) is 0 Å². The van der Waals surface area contributed by atoms with Gasteiger partial charge in [0.15, 0.2) is 0 Å². The molecule has 3 aromatic heterocycles. The molecule has 0 fully saturated rings. The molecule has 0 bridgehead atoms. The van der Waals surface area contributed by atoms with E-state index in [1.54, 1.807) is 12.4 Å². The van der Waals surface area contributed by atoms with Gasteiger partial charge in [-0.25, -0.2) is 0 Å². The minimum absolute atomic E-state index is 0.823. The number of fused-ring (bicyclic) bond motifs is 6. The van der Waals surface area contributed by atoms with Crippen LogP contribution in [0.3, 0.4) is 0 Å². The normalized spacial score (nSPS) is 11.4. The standard InChI is InChI=1S/C64H44N6/c1-3-15-47(16-4-1)67(51-35-39-53(40-36-51)69-59-23-11-7-19-55(59)56-20-8-12-24-60(56)69)49-31-27-45(28-32-49)63-64(66-44-43-65-63)46-29-33-50(34-30-46)68(48-17-5-2-6-18-48)52-37-41-54(42-38-52)70-61-25-13-9-21-57(61)58-22-10-14-26-62(58)70/h1-44H. The maximum absolute atomic E-state index is 4.92. The highest BCUT2D eigenvalue weighted by Gasteiger charge is 2.19. The zero-order valence-corrected chi connectivity index (χ0v) is 38.1. The molecule has 0 spiro atoms. The van der Waals surface area contributed by atoms with E-state index in [1.807, 2.05) is 0 Å². The molecule has 3 heterocycles. The second-order valence-electron chi connectivity index (χ2n) is 17.5. The first-order valence-electron chi connectivity index (χ1n) is 23.6. The second-order valence-corrected chi connectivity index (χ2v) is 17.5. The van der Waals surface area contributed by atoms with Gasteiger partial charge in [0.1, 0.15) is 0 Å². The number of rotatable bonds is 10. The summed E-state index contributed by atoms with van der Waals surface area (Å²) in [5.74, 6) is 0. The van der Waals surface area contributed by atoms with E-state index in [9.17, 15) is 0 Å². The molecule has 6 nitrogen and oxygen atoms in total. The van der Waals surface area contributed by atoms with Crippen LogP contribution in [-0.2, 0) is 0 Å². The van der Waals surface area contributed by atoms with Gasteiger partial charge in [-0.15, -0.1) is 0 Å². The molecule has 0 amide bonds. The zero-order valence-electron chi connectivity index (χ0n) is 38.1. The first-order chi connectivity index (χ1) is 34.7. The predicted octanol–water partition coefficient (Wildman–Crippen LogP) is 16.9. The van der Waals surface area contributed by atoms with Crippen molar-refractivity contribution in [1.29, 1.82) is 0 Å². The molecule has 0 saturated heterocycles. The minimum Gasteiger partial charge on any atom is -0.311 e. The summed E-state index contributed by atoms with van der Waals surface area (Å²) in [4.78, 5) is 14.4. The molecule has 13 rings (SSSR count). The monoisotopic (exact) mass is 896 g/mol. The molecular formula is C64H44N6. The third-order valence-corrected chi connectivity index (χ3v) is 13.4. The number of aromatic nitrogens is 4. The quantitative estimate of drug-likeness (QED) is 0.137. The van der Waals surface area contributed by atoms with Crippen LogP contribution in [0.1, 0.15) is 0 Å². The number of para-hydroxylation sites is 6. The van der Waals surface area contributed by atoms with Crippen molar-refractivity contribution in [3.63, 3.8) is 0 Å². The van der Waals surface area contributed by atoms with Crippen molar-refractivity contribution >= 4 is 77.7 Å². The molecule has 6 heteroatoms. The van der Waals surface area contributed by atoms with Crippen molar-refractivity contribution in [2.75, 3.05) is 9.80 Å². The van der Waals surface area contributed by atoms with E-state index >= 15 is 0 Å².